The number of carboxylic acids is 1. The molecule has 1 atom stereocenters. The van der Waals surface area contributed by atoms with Gasteiger partial charge in [0.15, 0.2) is 0 Å². The topological polar surface area (TPSA) is 46.5 Å². The number of aliphatic carboxylic acids is 1. The Morgan fingerprint density at radius 2 is 1.70 bits per heavy atom. The first-order valence-corrected chi connectivity index (χ1v) is 7.95. The molecule has 0 saturated carbocycles. The third kappa shape index (κ3) is 4.49. The highest BCUT2D eigenvalue weighted by molar-refractivity contribution is 6.30. The van der Waals surface area contributed by atoms with Crippen LogP contribution in [0.3, 0.4) is 0 Å². The van der Waals surface area contributed by atoms with E-state index in [2.05, 4.69) is 13.8 Å². The molecule has 0 aromatic heterocycles. The third-order valence-electron chi connectivity index (χ3n) is 3.80. The molecule has 0 heterocycles. The number of ether oxygens (including phenoxy) is 1. The Kier molecular flexibility index (Phi) is 5.32. The third-order valence-corrected chi connectivity index (χ3v) is 4.05. The summed E-state index contributed by atoms with van der Waals surface area (Å²) in [5.74, 6) is -0.0300. The SMILES string of the molecule is CC(C)c1ccc(OC(C)(Cc2ccc(Cl)cc2)C(=O)O)cc1. The van der Waals surface area contributed by atoms with Gasteiger partial charge in [0.2, 0.25) is 5.60 Å². The lowest BCUT2D eigenvalue weighted by atomic mass is 9.96. The summed E-state index contributed by atoms with van der Waals surface area (Å²) in [7, 11) is 0. The summed E-state index contributed by atoms with van der Waals surface area (Å²) in [4.78, 5) is 11.7. The van der Waals surface area contributed by atoms with E-state index in [1.165, 1.54) is 5.56 Å². The van der Waals surface area contributed by atoms with E-state index < -0.39 is 11.6 Å². The van der Waals surface area contributed by atoms with Crippen LogP contribution in [0.15, 0.2) is 48.5 Å². The summed E-state index contributed by atoms with van der Waals surface area (Å²) in [5, 5.41) is 10.2. The number of halogens is 1. The van der Waals surface area contributed by atoms with Gasteiger partial charge in [-0.3, -0.25) is 0 Å². The molecule has 1 unspecified atom stereocenters. The zero-order valence-electron chi connectivity index (χ0n) is 13.5. The normalized spacial score (nSPS) is 13.6. The van der Waals surface area contributed by atoms with Crippen LogP contribution in [0, 0.1) is 0 Å². The van der Waals surface area contributed by atoms with Gasteiger partial charge in [-0.05, 0) is 48.2 Å². The summed E-state index contributed by atoms with van der Waals surface area (Å²) in [5.41, 5.74) is 0.706. The fourth-order valence-electron chi connectivity index (χ4n) is 2.33. The Balaban J connectivity index is 2.19. The minimum atomic E-state index is -1.34. The van der Waals surface area contributed by atoms with Crippen LogP contribution < -0.4 is 4.74 Å². The van der Waals surface area contributed by atoms with Crippen LogP contribution in [0.25, 0.3) is 0 Å². The summed E-state index contributed by atoms with van der Waals surface area (Å²) in [6.45, 7) is 5.80. The lowest BCUT2D eigenvalue weighted by Gasteiger charge is -2.26. The maximum Gasteiger partial charge on any atom is 0.348 e. The van der Waals surface area contributed by atoms with Crippen molar-refractivity contribution in [2.24, 2.45) is 0 Å². The van der Waals surface area contributed by atoms with E-state index in [9.17, 15) is 9.90 Å². The summed E-state index contributed by atoms with van der Waals surface area (Å²) in [6, 6.07) is 14.7. The maximum atomic E-state index is 11.7. The van der Waals surface area contributed by atoms with Crippen LogP contribution >= 0.6 is 11.6 Å². The fraction of sp³-hybridized carbons (Fsp3) is 0.316. The molecule has 0 spiro atoms. The number of benzene rings is 2. The molecule has 2 aromatic carbocycles. The molecule has 122 valence electrons. The number of hydrogen-bond acceptors (Lipinski definition) is 2. The number of carbonyl (C=O) groups is 1. The zero-order chi connectivity index (χ0) is 17.0. The smallest absolute Gasteiger partial charge is 0.348 e. The van der Waals surface area contributed by atoms with E-state index in [0.717, 1.165) is 5.56 Å². The molecule has 0 aliphatic carbocycles. The molecule has 1 N–H and O–H groups in total. The Hall–Kier alpha value is -2.00. The van der Waals surface area contributed by atoms with Gasteiger partial charge in [-0.25, -0.2) is 4.79 Å². The lowest BCUT2D eigenvalue weighted by Crippen LogP contribution is -2.43. The molecule has 2 rings (SSSR count). The van der Waals surface area contributed by atoms with Crippen LogP contribution in [0.4, 0.5) is 0 Å². The molecule has 0 aliphatic heterocycles. The first-order valence-electron chi connectivity index (χ1n) is 7.57. The second kappa shape index (κ2) is 7.05. The molecule has 3 nitrogen and oxygen atoms in total. The van der Waals surface area contributed by atoms with Crippen molar-refractivity contribution in [2.75, 3.05) is 0 Å². The summed E-state index contributed by atoms with van der Waals surface area (Å²) in [6.07, 6.45) is 0.255. The molecule has 2 aromatic rings. The molecular formula is C19H21ClO3. The van der Waals surface area contributed by atoms with Crippen LogP contribution in [-0.4, -0.2) is 16.7 Å². The number of rotatable bonds is 6. The van der Waals surface area contributed by atoms with Gasteiger partial charge in [0, 0.05) is 11.4 Å². The van der Waals surface area contributed by atoms with Crippen molar-refractivity contribution in [3.63, 3.8) is 0 Å². The van der Waals surface area contributed by atoms with Crippen LogP contribution in [0.5, 0.6) is 5.75 Å². The van der Waals surface area contributed by atoms with Crippen molar-refractivity contribution < 1.29 is 14.6 Å². The van der Waals surface area contributed by atoms with Gasteiger partial charge in [-0.2, -0.15) is 0 Å². The molecule has 0 aliphatic rings. The average Bonchev–Trinajstić information content (AvgIpc) is 2.50. The van der Waals surface area contributed by atoms with Gasteiger partial charge >= 0.3 is 5.97 Å². The van der Waals surface area contributed by atoms with E-state index in [1.54, 1.807) is 19.1 Å². The molecule has 0 amide bonds. The zero-order valence-corrected chi connectivity index (χ0v) is 14.3. The van der Waals surface area contributed by atoms with Crippen LogP contribution in [-0.2, 0) is 11.2 Å². The van der Waals surface area contributed by atoms with Crippen molar-refractivity contribution in [3.8, 4) is 5.75 Å². The highest BCUT2D eigenvalue weighted by Crippen LogP contribution is 2.25. The van der Waals surface area contributed by atoms with Gasteiger partial charge in [-0.1, -0.05) is 49.7 Å². The van der Waals surface area contributed by atoms with E-state index in [0.29, 0.717) is 16.7 Å². The predicted molar refractivity (Wildman–Crippen MR) is 92.4 cm³/mol. The first-order chi connectivity index (χ1) is 10.8. The standard InChI is InChI=1S/C19H21ClO3/c1-13(2)15-6-10-17(11-7-15)23-19(3,18(21)22)12-14-4-8-16(20)9-5-14/h4-11,13H,12H2,1-3H3,(H,21,22). The number of carboxylic acid groups (broad SMARTS) is 1. The minimum absolute atomic E-state index is 0.255. The van der Waals surface area contributed by atoms with E-state index >= 15 is 0 Å². The van der Waals surface area contributed by atoms with Crippen LogP contribution in [0.2, 0.25) is 5.02 Å². The first kappa shape index (κ1) is 17.4. The molecular weight excluding hydrogens is 312 g/mol. The van der Waals surface area contributed by atoms with Gasteiger partial charge in [0.25, 0.3) is 0 Å². The lowest BCUT2D eigenvalue weighted by molar-refractivity contribution is -0.153. The van der Waals surface area contributed by atoms with Crippen molar-refractivity contribution in [1.29, 1.82) is 0 Å². The van der Waals surface area contributed by atoms with Gasteiger partial charge < -0.3 is 9.84 Å². The molecule has 0 bridgehead atoms. The largest absolute Gasteiger partial charge is 0.478 e. The summed E-state index contributed by atoms with van der Waals surface area (Å²) >= 11 is 5.87. The Bertz CT molecular complexity index is 662. The second-order valence-electron chi connectivity index (χ2n) is 6.17. The van der Waals surface area contributed by atoms with E-state index in [-0.39, 0.29) is 6.42 Å². The van der Waals surface area contributed by atoms with Crippen molar-refractivity contribution in [1.82, 2.24) is 0 Å². The molecule has 23 heavy (non-hydrogen) atoms. The predicted octanol–water partition coefficient (Wildman–Crippen LogP) is 4.93. The maximum absolute atomic E-state index is 11.7. The van der Waals surface area contributed by atoms with Crippen molar-refractivity contribution in [3.05, 3.63) is 64.7 Å². The Labute approximate surface area is 141 Å². The average molecular weight is 333 g/mol. The van der Waals surface area contributed by atoms with Gasteiger partial charge in [0.05, 0.1) is 0 Å². The van der Waals surface area contributed by atoms with Gasteiger partial charge in [0.1, 0.15) is 5.75 Å². The monoisotopic (exact) mass is 332 g/mol. The Morgan fingerprint density at radius 3 is 2.17 bits per heavy atom. The Morgan fingerprint density at radius 1 is 1.13 bits per heavy atom. The fourth-order valence-corrected chi connectivity index (χ4v) is 2.45. The second-order valence-corrected chi connectivity index (χ2v) is 6.60. The summed E-state index contributed by atoms with van der Waals surface area (Å²) < 4.78 is 5.80. The van der Waals surface area contributed by atoms with E-state index in [4.69, 9.17) is 16.3 Å². The van der Waals surface area contributed by atoms with Crippen molar-refractivity contribution >= 4 is 17.6 Å². The molecule has 0 fully saturated rings. The van der Waals surface area contributed by atoms with Gasteiger partial charge in [-0.15, -0.1) is 0 Å². The molecule has 0 saturated heterocycles. The molecule has 4 heteroatoms. The highest BCUT2D eigenvalue weighted by Gasteiger charge is 2.36. The van der Waals surface area contributed by atoms with E-state index in [1.807, 2.05) is 36.4 Å². The van der Waals surface area contributed by atoms with Crippen molar-refractivity contribution in [2.45, 2.75) is 38.7 Å². The highest BCUT2D eigenvalue weighted by atomic mass is 35.5. The quantitative estimate of drug-likeness (QED) is 0.816. The van der Waals surface area contributed by atoms with Crippen LogP contribution in [0.1, 0.15) is 37.8 Å². The molecule has 0 radical (unpaired) electrons. The number of hydrogen-bond donors (Lipinski definition) is 1. The minimum Gasteiger partial charge on any atom is -0.478 e.